The molecule has 0 unspecified atom stereocenters. The van der Waals surface area contributed by atoms with Crippen LogP contribution in [0, 0.1) is 15.9 Å². The molecule has 1 heterocycles. The minimum Gasteiger partial charge on any atom is -0.454 e. The van der Waals surface area contributed by atoms with Crippen LogP contribution in [0.25, 0.3) is 5.76 Å². The molecule has 0 N–H and O–H groups in total. The molecule has 0 radical (unpaired) electrons. The lowest BCUT2D eigenvalue weighted by atomic mass is 10.1. The number of rotatable bonds is 3. The average Bonchev–Trinajstić information content (AvgIpc) is 2.54. The van der Waals surface area contributed by atoms with Gasteiger partial charge in [-0.2, -0.15) is 0 Å². The lowest BCUT2D eigenvalue weighted by Gasteiger charge is -2.23. The van der Waals surface area contributed by atoms with Crippen molar-refractivity contribution in [3.63, 3.8) is 0 Å². The van der Waals surface area contributed by atoms with Gasteiger partial charge in [-0.3, -0.25) is 10.1 Å². The van der Waals surface area contributed by atoms with Gasteiger partial charge in [-0.1, -0.05) is 6.92 Å². The fourth-order valence-corrected chi connectivity index (χ4v) is 4.17. The first-order valence-corrected chi connectivity index (χ1v) is 8.53. The summed E-state index contributed by atoms with van der Waals surface area (Å²) in [5, 5.41) is 10.9. The summed E-state index contributed by atoms with van der Waals surface area (Å²) < 4.78 is 44.3. The van der Waals surface area contributed by atoms with Gasteiger partial charge < -0.3 is 4.74 Å². The van der Waals surface area contributed by atoms with Crippen molar-refractivity contribution < 1.29 is 22.5 Å². The molecule has 0 atom stereocenters. The Morgan fingerprint density at radius 3 is 2.42 bits per heavy atom. The number of non-ortho nitro benzene ring substituents is 1. The Kier molecular flexibility index (Phi) is 3.84. The van der Waals surface area contributed by atoms with Gasteiger partial charge in [0.15, 0.2) is 5.75 Å². The molecule has 124 valence electrons. The van der Waals surface area contributed by atoms with E-state index in [0.717, 1.165) is 12.1 Å². The fraction of sp³-hybridized carbons (Fsp3) is 0.125. The topological polar surface area (TPSA) is 86.5 Å². The monoisotopic (exact) mass is 349 g/mol. The summed E-state index contributed by atoms with van der Waals surface area (Å²) in [6.45, 7) is 1.66. The molecule has 0 spiro atoms. The standard InChI is InChI=1S/C16H12FNO5S/c1-2-14-16(10-3-5-11(17)6-4-10)23-13-9-12(18(19)20)7-8-15(13)24(14,21)22/h3-9H,2H2,1H3. The van der Waals surface area contributed by atoms with Crippen molar-refractivity contribution >= 4 is 21.3 Å². The molecular formula is C16H12FNO5S. The maximum atomic E-state index is 13.1. The van der Waals surface area contributed by atoms with Crippen LogP contribution in [0.4, 0.5) is 10.1 Å². The van der Waals surface area contributed by atoms with Crippen molar-refractivity contribution in [2.45, 2.75) is 18.2 Å². The Labute approximate surface area is 137 Å². The van der Waals surface area contributed by atoms with E-state index in [1.54, 1.807) is 6.92 Å². The van der Waals surface area contributed by atoms with Crippen LogP contribution in [0.15, 0.2) is 52.3 Å². The molecule has 1 aliphatic heterocycles. The Hall–Kier alpha value is -2.74. The van der Waals surface area contributed by atoms with Crippen molar-refractivity contribution in [2.75, 3.05) is 0 Å². The Morgan fingerprint density at radius 2 is 1.83 bits per heavy atom. The van der Waals surface area contributed by atoms with Crippen molar-refractivity contribution in [3.8, 4) is 5.75 Å². The van der Waals surface area contributed by atoms with Gasteiger partial charge in [-0.25, -0.2) is 12.8 Å². The quantitative estimate of drug-likeness (QED) is 0.623. The van der Waals surface area contributed by atoms with Crippen LogP contribution < -0.4 is 4.74 Å². The summed E-state index contributed by atoms with van der Waals surface area (Å²) >= 11 is 0. The van der Waals surface area contributed by atoms with E-state index in [2.05, 4.69) is 0 Å². The Balaban J connectivity index is 2.23. The number of benzene rings is 2. The first-order chi connectivity index (χ1) is 11.3. The van der Waals surface area contributed by atoms with Gasteiger partial charge in [0, 0.05) is 11.6 Å². The van der Waals surface area contributed by atoms with Gasteiger partial charge in [-0.05, 0) is 36.8 Å². The third kappa shape index (κ3) is 2.54. The molecule has 1 aliphatic rings. The first-order valence-electron chi connectivity index (χ1n) is 7.05. The number of nitro groups is 1. The number of nitro benzene ring substituents is 1. The number of allylic oxidation sites excluding steroid dienone is 1. The lowest BCUT2D eigenvalue weighted by Crippen LogP contribution is -2.16. The van der Waals surface area contributed by atoms with Crippen molar-refractivity contribution in [2.24, 2.45) is 0 Å². The summed E-state index contributed by atoms with van der Waals surface area (Å²) in [6, 6.07) is 8.54. The summed E-state index contributed by atoms with van der Waals surface area (Å²) in [5.41, 5.74) is 0.108. The maximum absolute atomic E-state index is 13.1. The molecule has 8 heteroatoms. The summed E-state index contributed by atoms with van der Waals surface area (Å²) in [5.74, 6) is -0.515. The fourth-order valence-electron chi connectivity index (χ4n) is 2.51. The molecule has 0 saturated carbocycles. The number of fused-ring (bicyclic) bond motifs is 1. The highest BCUT2D eigenvalue weighted by molar-refractivity contribution is 7.95. The lowest BCUT2D eigenvalue weighted by molar-refractivity contribution is -0.385. The first kappa shape index (κ1) is 16.1. The van der Waals surface area contributed by atoms with E-state index >= 15 is 0 Å². The highest BCUT2D eigenvalue weighted by atomic mass is 32.2. The molecular weight excluding hydrogens is 337 g/mol. The van der Waals surface area contributed by atoms with Crippen molar-refractivity contribution in [1.29, 1.82) is 0 Å². The average molecular weight is 349 g/mol. The van der Waals surface area contributed by atoms with Gasteiger partial charge in [0.05, 0.1) is 15.9 Å². The Bertz CT molecular complexity index is 964. The van der Waals surface area contributed by atoms with Gasteiger partial charge >= 0.3 is 0 Å². The van der Waals surface area contributed by atoms with E-state index in [1.165, 1.54) is 30.3 Å². The molecule has 0 bridgehead atoms. The number of hydrogen-bond donors (Lipinski definition) is 0. The third-order valence-corrected chi connectivity index (χ3v) is 5.68. The zero-order valence-electron chi connectivity index (χ0n) is 12.5. The predicted octanol–water partition coefficient (Wildman–Crippen LogP) is 3.68. The molecule has 2 aromatic rings. The molecule has 24 heavy (non-hydrogen) atoms. The second-order valence-electron chi connectivity index (χ2n) is 5.11. The van der Waals surface area contributed by atoms with E-state index < -0.39 is 20.6 Å². The third-order valence-electron chi connectivity index (χ3n) is 3.64. The van der Waals surface area contributed by atoms with Gasteiger partial charge in [0.1, 0.15) is 16.5 Å². The van der Waals surface area contributed by atoms with Crippen LogP contribution in [-0.2, 0) is 9.84 Å². The summed E-state index contributed by atoms with van der Waals surface area (Å²) in [4.78, 5) is 10.2. The minimum atomic E-state index is -3.84. The number of halogens is 1. The largest absolute Gasteiger partial charge is 0.454 e. The van der Waals surface area contributed by atoms with Crippen LogP contribution in [0.5, 0.6) is 5.75 Å². The molecule has 2 aromatic carbocycles. The zero-order chi connectivity index (χ0) is 17.5. The number of hydrogen-bond acceptors (Lipinski definition) is 5. The van der Waals surface area contributed by atoms with Crippen LogP contribution >= 0.6 is 0 Å². The van der Waals surface area contributed by atoms with Gasteiger partial charge in [-0.15, -0.1) is 0 Å². The van der Waals surface area contributed by atoms with Crippen LogP contribution in [0.1, 0.15) is 18.9 Å². The van der Waals surface area contributed by atoms with Crippen LogP contribution in [-0.4, -0.2) is 13.3 Å². The van der Waals surface area contributed by atoms with Crippen LogP contribution in [0.3, 0.4) is 0 Å². The SMILES string of the molecule is CCC1=C(c2ccc(F)cc2)Oc2cc([N+](=O)[O-])ccc2S1(=O)=O. The molecule has 0 fully saturated rings. The highest BCUT2D eigenvalue weighted by Gasteiger charge is 2.34. The second kappa shape index (κ2) is 5.72. The molecule has 0 aromatic heterocycles. The highest BCUT2D eigenvalue weighted by Crippen LogP contribution is 2.42. The smallest absolute Gasteiger partial charge is 0.273 e. The van der Waals surface area contributed by atoms with E-state index in [9.17, 15) is 22.9 Å². The van der Waals surface area contributed by atoms with Crippen LogP contribution in [0.2, 0.25) is 0 Å². The number of nitrogens with zero attached hydrogens (tertiary/aromatic N) is 1. The molecule has 0 saturated heterocycles. The second-order valence-corrected chi connectivity index (χ2v) is 7.05. The van der Waals surface area contributed by atoms with Crippen molar-refractivity contribution in [3.05, 3.63) is 68.9 Å². The molecule has 3 rings (SSSR count). The maximum Gasteiger partial charge on any atom is 0.273 e. The molecule has 6 nitrogen and oxygen atoms in total. The summed E-state index contributed by atoms with van der Waals surface area (Å²) in [7, 11) is -3.84. The molecule has 0 aliphatic carbocycles. The minimum absolute atomic E-state index is 0.0514. The van der Waals surface area contributed by atoms with E-state index in [0.29, 0.717) is 5.56 Å². The normalized spacial score (nSPS) is 15.6. The summed E-state index contributed by atoms with van der Waals surface area (Å²) in [6.07, 6.45) is 0.172. The van der Waals surface area contributed by atoms with Crippen molar-refractivity contribution in [1.82, 2.24) is 0 Å². The van der Waals surface area contributed by atoms with Gasteiger partial charge in [0.2, 0.25) is 9.84 Å². The predicted molar refractivity (Wildman–Crippen MR) is 84.5 cm³/mol. The van der Waals surface area contributed by atoms with E-state index in [-0.39, 0.29) is 33.4 Å². The van der Waals surface area contributed by atoms with E-state index in [4.69, 9.17) is 4.74 Å². The number of sulfone groups is 1. The molecule has 0 amide bonds. The van der Waals surface area contributed by atoms with Gasteiger partial charge in [0.25, 0.3) is 5.69 Å². The zero-order valence-corrected chi connectivity index (χ0v) is 13.3. The number of ether oxygens (including phenoxy) is 1. The Morgan fingerprint density at radius 1 is 1.17 bits per heavy atom. The van der Waals surface area contributed by atoms with E-state index in [1.807, 2.05) is 0 Å².